The summed E-state index contributed by atoms with van der Waals surface area (Å²) in [6.45, 7) is 4.95. The van der Waals surface area contributed by atoms with Crippen LogP contribution < -0.4 is 11.1 Å². The van der Waals surface area contributed by atoms with Crippen LogP contribution >= 0.6 is 0 Å². The minimum Gasteiger partial charge on any atom is -0.396 e. The summed E-state index contributed by atoms with van der Waals surface area (Å²) in [7, 11) is -0.867. The maximum Gasteiger partial charge on any atom is 0.273 e. The van der Waals surface area contributed by atoms with E-state index in [1.54, 1.807) is 17.1 Å². The van der Waals surface area contributed by atoms with Crippen LogP contribution in [-0.4, -0.2) is 37.9 Å². The number of hydrogen-bond acceptors (Lipinski definition) is 4. The van der Waals surface area contributed by atoms with Crippen molar-refractivity contribution in [1.82, 2.24) is 15.1 Å². The first-order valence-corrected chi connectivity index (χ1v) is 7.51. The highest BCUT2D eigenvalue weighted by Crippen LogP contribution is 2.08. The van der Waals surface area contributed by atoms with Crippen LogP contribution in [0.5, 0.6) is 0 Å². The number of aromatic nitrogens is 2. The zero-order chi connectivity index (χ0) is 13.7. The summed E-state index contributed by atoms with van der Waals surface area (Å²) < 4.78 is 12.8. The number of nitrogens with two attached hydrogens (primary N) is 1. The van der Waals surface area contributed by atoms with Crippen molar-refractivity contribution in [2.24, 2.45) is 0 Å². The lowest BCUT2D eigenvalue weighted by Gasteiger charge is -2.08. The van der Waals surface area contributed by atoms with E-state index in [-0.39, 0.29) is 16.9 Å². The second-order valence-electron chi connectivity index (χ2n) is 4.14. The van der Waals surface area contributed by atoms with Crippen molar-refractivity contribution in [3.05, 3.63) is 11.9 Å². The standard InChI is InChI=1S/C11H20N4O2S/c1-4-15-7-9(12)10(14-15)11(16)13-6-5-8(2)18(3)17/h7-8H,4-6,12H2,1-3H3,(H,13,16). The lowest BCUT2D eigenvalue weighted by Crippen LogP contribution is -2.28. The predicted octanol–water partition coefficient (Wildman–Crippen LogP) is 0.372. The van der Waals surface area contributed by atoms with Crippen molar-refractivity contribution in [1.29, 1.82) is 0 Å². The van der Waals surface area contributed by atoms with E-state index in [0.29, 0.717) is 25.2 Å². The molecule has 3 N–H and O–H groups in total. The number of aryl methyl sites for hydroxylation is 1. The molecular weight excluding hydrogens is 252 g/mol. The van der Waals surface area contributed by atoms with Crippen LogP contribution in [0.2, 0.25) is 0 Å². The largest absolute Gasteiger partial charge is 0.396 e. The number of carbonyl (C=O) groups is 1. The number of anilines is 1. The van der Waals surface area contributed by atoms with Crippen LogP contribution in [0.1, 0.15) is 30.8 Å². The van der Waals surface area contributed by atoms with Crippen LogP contribution in [0.25, 0.3) is 0 Å². The highest BCUT2D eigenvalue weighted by atomic mass is 32.2. The molecule has 18 heavy (non-hydrogen) atoms. The van der Waals surface area contributed by atoms with Crippen molar-refractivity contribution < 1.29 is 9.00 Å². The summed E-state index contributed by atoms with van der Waals surface area (Å²) in [6, 6.07) is 0. The third-order valence-electron chi connectivity index (χ3n) is 2.73. The fraction of sp³-hybridized carbons (Fsp3) is 0.636. The molecule has 0 bridgehead atoms. The molecule has 1 aromatic rings. The lowest BCUT2D eigenvalue weighted by molar-refractivity contribution is 0.0948. The van der Waals surface area contributed by atoms with Crippen molar-refractivity contribution in [3.63, 3.8) is 0 Å². The van der Waals surface area contributed by atoms with Gasteiger partial charge in [-0.15, -0.1) is 0 Å². The Kier molecular flexibility index (Phi) is 5.33. The van der Waals surface area contributed by atoms with Gasteiger partial charge in [0.2, 0.25) is 0 Å². The molecule has 1 rings (SSSR count). The van der Waals surface area contributed by atoms with E-state index in [1.165, 1.54) is 0 Å². The zero-order valence-electron chi connectivity index (χ0n) is 11.0. The van der Waals surface area contributed by atoms with Gasteiger partial charge in [0, 0.05) is 41.6 Å². The topological polar surface area (TPSA) is 90.0 Å². The van der Waals surface area contributed by atoms with E-state index < -0.39 is 10.8 Å². The molecule has 102 valence electrons. The van der Waals surface area contributed by atoms with Gasteiger partial charge < -0.3 is 11.1 Å². The van der Waals surface area contributed by atoms with Gasteiger partial charge in [0.25, 0.3) is 5.91 Å². The average Bonchev–Trinajstić information content (AvgIpc) is 2.70. The molecule has 0 aliphatic carbocycles. The molecule has 2 unspecified atom stereocenters. The monoisotopic (exact) mass is 272 g/mol. The second kappa shape index (κ2) is 6.53. The lowest BCUT2D eigenvalue weighted by atomic mass is 10.3. The fourth-order valence-corrected chi connectivity index (χ4v) is 1.86. The van der Waals surface area contributed by atoms with Crippen molar-refractivity contribution in [3.8, 4) is 0 Å². The van der Waals surface area contributed by atoms with Gasteiger partial charge in [0.05, 0.1) is 5.69 Å². The van der Waals surface area contributed by atoms with E-state index in [0.717, 1.165) is 0 Å². The van der Waals surface area contributed by atoms with Crippen LogP contribution in [0, 0.1) is 0 Å². The number of amides is 1. The number of rotatable bonds is 6. The summed E-state index contributed by atoms with van der Waals surface area (Å²) >= 11 is 0. The number of nitrogens with zero attached hydrogens (tertiary/aromatic N) is 2. The smallest absolute Gasteiger partial charge is 0.273 e. The molecule has 0 saturated carbocycles. The van der Waals surface area contributed by atoms with Crippen molar-refractivity contribution in [2.75, 3.05) is 18.5 Å². The second-order valence-corrected chi connectivity index (χ2v) is 5.94. The molecule has 0 saturated heterocycles. The van der Waals surface area contributed by atoms with Gasteiger partial charge in [-0.3, -0.25) is 13.7 Å². The van der Waals surface area contributed by atoms with E-state index in [9.17, 15) is 9.00 Å². The van der Waals surface area contributed by atoms with E-state index >= 15 is 0 Å². The minimum atomic E-state index is -0.867. The molecule has 6 nitrogen and oxygen atoms in total. The maximum atomic E-state index is 11.8. The van der Waals surface area contributed by atoms with Crippen LogP contribution in [0.3, 0.4) is 0 Å². The molecule has 1 heterocycles. The van der Waals surface area contributed by atoms with Gasteiger partial charge in [0.15, 0.2) is 5.69 Å². The Morgan fingerprint density at radius 2 is 2.33 bits per heavy atom. The highest BCUT2D eigenvalue weighted by molar-refractivity contribution is 7.84. The first kappa shape index (κ1) is 14.7. The molecule has 0 spiro atoms. The molecular formula is C11H20N4O2S. The molecule has 0 radical (unpaired) electrons. The number of carbonyl (C=O) groups excluding carboxylic acids is 1. The predicted molar refractivity (Wildman–Crippen MR) is 72.8 cm³/mol. The Bertz CT molecular complexity index is 444. The van der Waals surface area contributed by atoms with E-state index in [2.05, 4.69) is 10.4 Å². The molecule has 0 aliphatic rings. The summed E-state index contributed by atoms with van der Waals surface area (Å²) in [5.41, 5.74) is 6.33. The minimum absolute atomic E-state index is 0.0656. The van der Waals surface area contributed by atoms with E-state index in [4.69, 9.17) is 5.73 Å². The van der Waals surface area contributed by atoms with Crippen LogP contribution in [-0.2, 0) is 17.3 Å². The summed E-state index contributed by atoms with van der Waals surface area (Å²) in [5, 5.41) is 6.88. The Labute approximate surface area is 109 Å². The SMILES string of the molecule is CCn1cc(N)c(C(=O)NCCC(C)S(C)=O)n1. The molecule has 0 aliphatic heterocycles. The quantitative estimate of drug-likeness (QED) is 0.783. The average molecular weight is 272 g/mol. The Morgan fingerprint density at radius 3 is 2.83 bits per heavy atom. The molecule has 1 aromatic heterocycles. The summed E-state index contributed by atoms with van der Waals surface area (Å²) in [5.74, 6) is -0.284. The van der Waals surface area contributed by atoms with Gasteiger partial charge in [0.1, 0.15) is 0 Å². The highest BCUT2D eigenvalue weighted by Gasteiger charge is 2.14. The van der Waals surface area contributed by atoms with Gasteiger partial charge in [-0.05, 0) is 13.3 Å². The van der Waals surface area contributed by atoms with Gasteiger partial charge >= 0.3 is 0 Å². The molecule has 1 amide bonds. The first-order chi connectivity index (χ1) is 8.45. The number of nitrogens with one attached hydrogen (secondary N) is 1. The van der Waals surface area contributed by atoms with Gasteiger partial charge in [-0.1, -0.05) is 6.92 Å². The van der Waals surface area contributed by atoms with Crippen LogP contribution in [0.4, 0.5) is 5.69 Å². The number of nitrogen functional groups attached to an aromatic ring is 1. The Morgan fingerprint density at radius 1 is 1.67 bits per heavy atom. The summed E-state index contributed by atoms with van der Waals surface area (Å²) in [6.07, 6.45) is 3.97. The third-order valence-corrected chi connectivity index (χ3v) is 4.10. The first-order valence-electron chi connectivity index (χ1n) is 5.89. The molecule has 2 atom stereocenters. The van der Waals surface area contributed by atoms with Crippen LogP contribution in [0.15, 0.2) is 6.20 Å². The third kappa shape index (κ3) is 3.83. The van der Waals surface area contributed by atoms with Gasteiger partial charge in [-0.2, -0.15) is 5.10 Å². The molecule has 0 aromatic carbocycles. The molecule has 0 fully saturated rings. The van der Waals surface area contributed by atoms with Crippen molar-refractivity contribution >= 4 is 22.4 Å². The number of hydrogen-bond donors (Lipinski definition) is 2. The maximum absolute atomic E-state index is 11.8. The summed E-state index contributed by atoms with van der Waals surface area (Å²) in [4.78, 5) is 11.8. The normalized spacial score (nSPS) is 14.2. The molecule has 7 heteroatoms. The fourth-order valence-electron chi connectivity index (χ4n) is 1.41. The van der Waals surface area contributed by atoms with E-state index in [1.807, 2.05) is 13.8 Å². The van der Waals surface area contributed by atoms with Crippen molar-refractivity contribution in [2.45, 2.75) is 32.1 Å². The zero-order valence-corrected chi connectivity index (χ0v) is 11.8. The Balaban J connectivity index is 2.50. The Hall–Kier alpha value is -1.37. The van der Waals surface area contributed by atoms with Gasteiger partial charge in [-0.25, -0.2) is 0 Å².